The van der Waals surface area contributed by atoms with E-state index in [1.165, 1.54) is 6.08 Å². The Labute approximate surface area is 712 Å². The van der Waals surface area contributed by atoms with E-state index >= 15 is 0 Å². The summed E-state index contributed by atoms with van der Waals surface area (Å²) in [6, 6.07) is 31.7. The van der Waals surface area contributed by atoms with Crippen LogP contribution in [-0.2, 0) is 92.3 Å². The molecule has 0 aromatic heterocycles. The number of benzene rings is 6. The number of nitrogens with two attached hydrogens (primary N) is 1. The summed E-state index contributed by atoms with van der Waals surface area (Å²) in [4.78, 5) is 44.5. The Balaban J connectivity index is 0.000000362. The molecule has 0 fully saturated rings. The van der Waals surface area contributed by atoms with Gasteiger partial charge >= 0.3 is 6.03 Å². The van der Waals surface area contributed by atoms with Crippen LogP contribution in [0.25, 0.3) is 0 Å². The van der Waals surface area contributed by atoms with Crippen molar-refractivity contribution in [2.45, 2.75) is 110 Å². The number of carbonyl (C=O) groups is 2. The predicted molar refractivity (Wildman–Crippen MR) is 452 cm³/mol. The van der Waals surface area contributed by atoms with Gasteiger partial charge in [0.1, 0.15) is 12.4 Å². The highest BCUT2D eigenvalue weighted by molar-refractivity contribution is 7.91. The van der Waals surface area contributed by atoms with Crippen LogP contribution in [0.15, 0.2) is 129 Å². The van der Waals surface area contributed by atoms with Crippen LogP contribution in [0.5, 0.6) is 0 Å². The number of Topliss-reactive ketones (excluding diaryl/α,β-unsaturated/α-hetero) is 1. The van der Waals surface area contributed by atoms with Crippen LogP contribution < -0.4 is 25.8 Å². The van der Waals surface area contributed by atoms with Crippen molar-refractivity contribution in [3.8, 4) is 6.26 Å². The fraction of sp³-hybridized carbons (Fsp3) is 0.506. The average Bonchev–Trinajstić information content (AvgIpc) is 0.784. The number of nitriles is 1. The van der Waals surface area contributed by atoms with Gasteiger partial charge in [0.15, 0.2) is 9.84 Å². The van der Waals surface area contributed by atoms with Gasteiger partial charge in [0.05, 0.1) is 93.1 Å². The Hall–Kier alpha value is -5.96. The minimum atomic E-state index is -3.73. The summed E-state index contributed by atoms with van der Waals surface area (Å²) in [6.45, 7) is 11.0. The number of carbonyl (C=O) groups excluding carboxylic acids is 3. The van der Waals surface area contributed by atoms with Gasteiger partial charge in [-0.15, -0.1) is 0 Å². The van der Waals surface area contributed by atoms with Crippen molar-refractivity contribution in [3.05, 3.63) is 189 Å². The van der Waals surface area contributed by atoms with Gasteiger partial charge in [0.2, 0.25) is 26.1 Å². The number of unbranched alkanes of at least 4 members (excludes halogenated alkanes) is 3. The molecule has 0 spiro atoms. The van der Waals surface area contributed by atoms with E-state index in [1.807, 2.05) is 75.7 Å². The number of sulfone groups is 1. The zero-order valence-corrected chi connectivity index (χ0v) is 72.7. The van der Waals surface area contributed by atoms with Crippen molar-refractivity contribution in [3.63, 3.8) is 0 Å². The number of isocyanates is 1. The number of ketones is 1. The maximum atomic E-state index is 13.0. The summed E-state index contributed by atoms with van der Waals surface area (Å²) >= 11 is 38.3. The van der Waals surface area contributed by atoms with E-state index in [-0.39, 0.29) is 82.9 Å². The van der Waals surface area contributed by atoms with Crippen molar-refractivity contribution in [2.24, 2.45) is 10.7 Å². The fourth-order valence-corrected chi connectivity index (χ4v) is 18.3. The van der Waals surface area contributed by atoms with Crippen LogP contribution in [0.4, 0.5) is 4.79 Å². The highest BCUT2D eigenvalue weighted by Crippen LogP contribution is 2.42. The third kappa shape index (κ3) is 33.2. The lowest BCUT2D eigenvalue weighted by Crippen LogP contribution is -2.37. The second-order valence-corrected chi connectivity index (χ2v) is 36.2. The quantitative estimate of drug-likeness (QED) is 0.0103. The number of sulfonamides is 2. The molecule has 0 saturated heterocycles. The molecule has 636 valence electrons. The van der Waals surface area contributed by atoms with E-state index in [2.05, 4.69) is 44.5 Å². The molecule has 3 atom stereocenters. The maximum absolute atomic E-state index is 13.0. The van der Waals surface area contributed by atoms with Crippen LogP contribution in [0, 0.1) is 11.5 Å². The molecule has 116 heavy (non-hydrogen) atoms. The Bertz CT molecular complexity index is 4340. The molecule has 2 amide bonds. The fourth-order valence-electron chi connectivity index (χ4n) is 13.3. The van der Waals surface area contributed by atoms with Crippen LogP contribution in [0.3, 0.4) is 0 Å². The number of fused-ring (bicyclic) bond motifs is 3. The van der Waals surface area contributed by atoms with Gasteiger partial charge < -0.3 is 64.2 Å². The zero-order valence-electron chi connectivity index (χ0n) is 65.7. The summed E-state index contributed by atoms with van der Waals surface area (Å²) in [5, 5.41) is 17.1. The van der Waals surface area contributed by atoms with Crippen molar-refractivity contribution >= 4 is 117 Å². The highest BCUT2D eigenvalue weighted by atomic mass is 35.5. The van der Waals surface area contributed by atoms with Crippen LogP contribution >= 0.6 is 69.6 Å². The van der Waals surface area contributed by atoms with E-state index < -0.39 is 29.9 Å². The first-order chi connectivity index (χ1) is 55.7. The third-order valence-corrected chi connectivity index (χ3v) is 25.5. The van der Waals surface area contributed by atoms with Gasteiger partial charge in [0.25, 0.3) is 6.26 Å². The molecule has 3 aliphatic heterocycles. The van der Waals surface area contributed by atoms with Crippen molar-refractivity contribution in [2.75, 3.05) is 172 Å². The normalized spacial score (nSPS) is 15.6. The predicted octanol–water partition coefficient (Wildman–Crippen LogP) is 12.3. The van der Waals surface area contributed by atoms with Gasteiger partial charge in [-0.3, -0.25) is 4.79 Å². The summed E-state index contributed by atoms with van der Waals surface area (Å²) in [6.07, 6.45) is 8.65. The first-order valence-electron chi connectivity index (χ1n) is 38.5. The number of hydrogen-bond acceptors (Lipinski definition) is 22. The molecule has 0 saturated carbocycles. The third-order valence-electron chi connectivity index (χ3n) is 19.1. The van der Waals surface area contributed by atoms with E-state index in [1.54, 1.807) is 60.9 Å². The molecule has 0 radical (unpaired) electrons. The number of nitrogens with one attached hydrogen (secondary N) is 4. The minimum Gasteiger partial charge on any atom is -0.428 e. The smallest absolute Gasteiger partial charge is 0.314 e. The molecule has 3 unspecified atom stereocenters. The molecule has 0 bridgehead atoms. The second kappa shape index (κ2) is 51.6. The molecule has 0 aliphatic carbocycles. The monoisotopic (exact) mass is 1780 g/mol. The molecular formula is C81H106Cl6N10O16S3. The minimum absolute atomic E-state index is 0.00805. The summed E-state index contributed by atoms with van der Waals surface area (Å²) < 4.78 is 119. The van der Waals surface area contributed by atoms with Gasteiger partial charge in [-0.1, -0.05) is 112 Å². The average molecular weight is 1780 g/mol. The van der Waals surface area contributed by atoms with Gasteiger partial charge in [-0.2, -0.15) is 5.26 Å². The Morgan fingerprint density at radius 2 is 0.853 bits per heavy atom. The number of likely N-dealkylation sites (N-methyl/N-ethyl adjacent to an activating group) is 3. The van der Waals surface area contributed by atoms with E-state index in [4.69, 9.17) is 109 Å². The summed E-state index contributed by atoms with van der Waals surface area (Å²) in [5.74, 6) is 0.220. The first kappa shape index (κ1) is 97.2. The van der Waals surface area contributed by atoms with E-state index in [0.717, 1.165) is 121 Å². The number of rotatable bonds is 47. The number of halogens is 6. The Kier molecular flexibility index (Phi) is 43.2. The molecular weight excluding hydrogens is 1680 g/mol. The number of aliphatic imine (C=N–C) groups is 1. The van der Waals surface area contributed by atoms with Crippen molar-refractivity contribution in [1.29, 1.82) is 5.26 Å². The molecule has 3 aliphatic rings. The molecule has 6 aromatic carbocycles. The van der Waals surface area contributed by atoms with Crippen molar-refractivity contribution in [1.82, 2.24) is 34.8 Å². The summed E-state index contributed by atoms with van der Waals surface area (Å²) in [7, 11) is -4.74. The number of hydrogen-bond donors (Lipinski definition) is 5. The van der Waals surface area contributed by atoms with E-state index in [9.17, 15) is 39.6 Å². The number of urea groups is 1. The molecule has 35 heteroatoms. The molecule has 6 aromatic rings. The molecule has 3 heterocycles. The highest BCUT2D eigenvalue weighted by Gasteiger charge is 2.31. The lowest BCUT2D eigenvalue weighted by atomic mass is 9.85. The summed E-state index contributed by atoms with van der Waals surface area (Å²) in [5.41, 5.74) is 14.7. The van der Waals surface area contributed by atoms with Crippen LogP contribution in [0.1, 0.15) is 126 Å². The van der Waals surface area contributed by atoms with E-state index in [0.29, 0.717) is 148 Å². The maximum Gasteiger partial charge on any atom is 0.314 e. The molecule has 9 rings (SSSR count). The SMILES string of the molecule is CN1Cc2c(Cl)cc(Cl)cc2C(c2ccc(S(=O)(=O)CCCOCCOCCNC(=O)NCCCCCC(=O)CCCOCCOCCNS(=O)(=O)c3ccc(C4CN(C)Cc5c(Cl)cc(Cl)cc54)cc3)cc2)C1.CN1Cc2c(Cl)cc(Cl)cc2C(c2ccc(S(=O)(=O)NCCOCCOCCN)cc2)C1.N#COCCCCN=C=O. The first-order valence-corrected chi connectivity index (χ1v) is 45.4. The Morgan fingerprint density at radius 3 is 1.28 bits per heavy atom. The molecule has 26 nitrogen and oxygen atoms in total. The Morgan fingerprint density at radius 1 is 0.466 bits per heavy atom. The largest absolute Gasteiger partial charge is 0.428 e. The number of nitrogens with zero attached hydrogens (tertiary/aromatic N) is 5. The van der Waals surface area contributed by atoms with Crippen LogP contribution in [0.2, 0.25) is 30.1 Å². The van der Waals surface area contributed by atoms with Crippen molar-refractivity contribution < 1.29 is 72.8 Å². The van der Waals surface area contributed by atoms with Gasteiger partial charge in [0, 0.05) is 146 Å². The van der Waals surface area contributed by atoms with Gasteiger partial charge in [-0.25, -0.2) is 49.3 Å². The zero-order chi connectivity index (χ0) is 83.9. The number of amides is 2. The lowest BCUT2D eigenvalue weighted by Gasteiger charge is -2.33. The topological polar surface area (TPSA) is 338 Å². The standard InChI is InChI=1S/C53H69Cl4N5O10S2.C22H29Cl2N3O4S.C6H8N2O2/c1-61-34-47(45-30-40(54)32-51(56)49(45)36-61)38-10-14-43(15-11-38)73(65,66)29-7-22-70-26-27-71-23-19-59-53(64)58-18-5-3-4-8-42(63)9-6-21-69-25-28-72-24-20-60-74(67,68)44-16-12-39(13-17-44)48-35-62(2)37-50-46(48)31-41(55)33-52(50)57;1-27-14-20(19-12-17(23)13-22(24)21(19)15-27)16-2-4-18(5-3-16)32(28,29)26-7-9-31-11-10-30-8-6-25;7-5-10-4-2-1-3-8-6-9/h10-17,30-33,47-48,60H,3-9,18-29,34-37H2,1-2H3,(H2,58,59,64);2-5,12-13,20,26H,6-11,14-15,25H2,1H3;1-4H2. The van der Waals surface area contributed by atoms with Gasteiger partial charge in [-0.05, 0) is 183 Å². The van der Waals surface area contributed by atoms with Crippen LogP contribution in [-0.4, -0.2) is 230 Å². The lowest BCUT2D eigenvalue weighted by molar-refractivity contribution is -0.119. The number of ether oxygens (including phenoxy) is 7. The molecule has 6 N–H and O–H groups in total. The second-order valence-electron chi connectivity index (χ2n) is 28.0.